The summed E-state index contributed by atoms with van der Waals surface area (Å²) in [6, 6.07) is 9.41. The summed E-state index contributed by atoms with van der Waals surface area (Å²) in [4.78, 5) is 26.4. The van der Waals surface area contributed by atoms with Crippen molar-refractivity contribution in [1.82, 2.24) is 9.62 Å². The summed E-state index contributed by atoms with van der Waals surface area (Å²) in [7, 11) is -1.04. The number of carbonyl (C=O) groups excluding carboxylic acids is 2. The van der Waals surface area contributed by atoms with Crippen LogP contribution in [0.2, 0.25) is 0 Å². The molecule has 0 aromatic heterocycles. The Labute approximate surface area is 183 Å². The third-order valence-electron chi connectivity index (χ3n) is 4.70. The van der Waals surface area contributed by atoms with Crippen LogP contribution in [0.3, 0.4) is 0 Å². The van der Waals surface area contributed by atoms with E-state index in [1.54, 1.807) is 19.9 Å². The first-order chi connectivity index (χ1) is 14.5. The molecule has 0 fully saturated rings. The lowest BCUT2D eigenvalue weighted by Gasteiger charge is -2.19. The first-order valence-electron chi connectivity index (χ1n) is 9.78. The molecule has 9 heteroatoms. The molecule has 0 aliphatic rings. The van der Waals surface area contributed by atoms with Crippen molar-refractivity contribution in [2.75, 3.05) is 26.0 Å². The number of methoxy groups -OCH3 is 1. The second-order valence-corrected chi connectivity index (χ2v) is 9.28. The first-order valence-corrected chi connectivity index (χ1v) is 11.3. The Kier molecular flexibility index (Phi) is 7.80. The van der Waals surface area contributed by atoms with E-state index in [1.807, 2.05) is 26.0 Å². The Morgan fingerprint density at radius 2 is 1.81 bits per heavy atom. The van der Waals surface area contributed by atoms with Gasteiger partial charge in [-0.1, -0.05) is 12.1 Å². The topological polar surface area (TPSA) is 105 Å². The van der Waals surface area contributed by atoms with Crippen LogP contribution in [0.15, 0.2) is 41.3 Å². The second-order valence-electron chi connectivity index (χ2n) is 7.60. The van der Waals surface area contributed by atoms with Crippen LogP contribution in [0.4, 0.5) is 5.69 Å². The molecule has 0 heterocycles. The number of amides is 2. The molecule has 0 spiro atoms. The van der Waals surface area contributed by atoms with E-state index in [0.29, 0.717) is 5.69 Å². The van der Waals surface area contributed by atoms with E-state index in [4.69, 9.17) is 4.74 Å². The van der Waals surface area contributed by atoms with Crippen molar-refractivity contribution in [3.63, 3.8) is 0 Å². The molecule has 168 valence electrons. The Balaban J connectivity index is 2.21. The zero-order valence-electron chi connectivity index (χ0n) is 18.6. The number of benzene rings is 2. The largest absolute Gasteiger partial charge is 0.495 e. The van der Waals surface area contributed by atoms with Crippen molar-refractivity contribution in [3.8, 4) is 5.75 Å². The summed E-state index contributed by atoms with van der Waals surface area (Å²) < 4.78 is 32.9. The highest BCUT2D eigenvalue weighted by molar-refractivity contribution is 7.89. The third-order valence-corrected chi connectivity index (χ3v) is 6.38. The monoisotopic (exact) mass is 447 g/mol. The summed E-state index contributed by atoms with van der Waals surface area (Å²) in [6.45, 7) is 7.06. The number of carbonyl (C=O) groups is 2. The molecule has 2 aromatic carbocycles. The van der Waals surface area contributed by atoms with Crippen LogP contribution in [0, 0.1) is 13.8 Å². The predicted octanol–water partition coefficient (Wildman–Crippen LogP) is 2.71. The van der Waals surface area contributed by atoms with Crippen LogP contribution in [0.25, 0.3) is 0 Å². The van der Waals surface area contributed by atoms with Crippen molar-refractivity contribution in [1.29, 1.82) is 0 Å². The van der Waals surface area contributed by atoms with Gasteiger partial charge >= 0.3 is 0 Å². The lowest BCUT2D eigenvalue weighted by molar-refractivity contribution is -0.116. The molecular weight excluding hydrogens is 418 g/mol. The summed E-state index contributed by atoms with van der Waals surface area (Å²) >= 11 is 0. The summed E-state index contributed by atoms with van der Waals surface area (Å²) in [6.07, 6.45) is 0. The zero-order valence-corrected chi connectivity index (χ0v) is 19.5. The molecule has 2 amide bonds. The maximum atomic E-state index is 12.8. The van der Waals surface area contributed by atoms with Gasteiger partial charge in [0.25, 0.3) is 5.91 Å². The number of nitrogens with zero attached hydrogens (tertiary/aromatic N) is 1. The first kappa shape index (κ1) is 24.4. The Hall–Kier alpha value is -2.91. The summed E-state index contributed by atoms with van der Waals surface area (Å²) in [5.74, 6) is -0.716. The van der Waals surface area contributed by atoms with E-state index in [2.05, 4.69) is 10.0 Å². The summed E-state index contributed by atoms with van der Waals surface area (Å²) in [5.41, 5.74) is 2.81. The highest BCUT2D eigenvalue weighted by atomic mass is 32.2. The average Bonchev–Trinajstić information content (AvgIpc) is 2.69. The predicted molar refractivity (Wildman–Crippen MR) is 120 cm³/mol. The lowest BCUT2D eigenvalue weighted by Crippen LogP contribution is -2.35. The molecule has 0 bridgehead atoms. The van der Waals surface area contributed by atoms with Crippen molar-refractivity contribution in [2.45, 2.75) is 38.6 Å². The number of ether oxygens (including phenoxy) is 1. The van der Waals surface area contributed by atoms with Gasteiger partial charge in [-0.3, -0.25) is 9.59 Å². The number of anilines is 1. The molecule has 8 nitrogen and oxygen atoms in total. The van der Waals surface area contributed by atoms with Gasteiger partial charge in [-0.25, -0.2) is 13.1 Å². The smallest absolute Gasteiger partial charge is 0.254 e. The number of likely N-dealkylation sites (N-methyl/N-ethyl adjacent to an activating group) is 1. The van der Waals surface area contributed by atoms with Gasteiger partial charge in [-0.05, 0) is 63.1 Å². The number of hydrogen-bond donors (Lipinski definition) is 2. The van der Waals surface area contributed by atoms with Crippen LogP contribution in [0.5, 0.6) is 5.75 Å². The second kappa shape index (κ2) is 9.93. The molecule has 2 rings (SSSR count). The normalized spacial score (nSPS) is 11.3. The number of nitrogens with one attached hydrogen (secondary N) is 2. The third kappa shape index (κ3) is 6.05. The van der Waals surface area contributed by atoms with E-state index < -0.39 is 15.9 Å². The van der Waals surface area contributed by atoms with Crippen molar-refractivity contribution in [3.05, 3.63) is 53.1 Å². The average molecular weight is 448 g/mol. The minimum atomic E-state index is -3.88. The van der Waals surface area contributed by atoms with Gasteiger partial charge in [0, 0.05) is 24.3 Å². The molecule has 31 heavy (non-hydrogen) atoms. The number of aryl methyl sites for hydroxylation is 1. The van der Waals surface area contributed by atoms with E-state index in [-0.39, 0.29) is 34.7 Å². The van der Waals surface area contributed by atoms with E-state index >= 15 is 0 Å². The lowest BCUT2D eigenvalue weighted by atomic mass is 10.1. The van der Waals surface area contributed by atoms with E-state index in [1.165, 1.54) is 37.3 Å². The number of hydrogen-bond acceptors (Lipinski definition) is 5. The molecule has 0 unspecified atom stereocenters. The number of sulfonamides is 1. The molecule has 0 atom stereocenters. The minimum Gasteiger partial charge on any atom is -0.495 e. The van der Waals surface area contributed by atoms with Crippen LogP contribution in [-0.4, -0.2) is 51.9 Å². The molecule has 0 aliphatic heterocycles. The molecule has 0 aliphatic carbocycles. The van der Waals surface area contributed by atoms with E-state index in [0.717, 1.165) is 11.1 Å². The fraction of sp³-hybridized carbons (Fsp3) is 0.364. The number of rotatable bonds is 8. The van der Waals surface area contributed by atoms with Crippen LogP contribution < -0.4 is 14.8 Å². The highest BCUT2D eigenvalue weighted by Crippen LogP contribution is 2.25. The molecule has 2 aromatic rings. The van der Waals surface area contributed by atoms with Crippen LogP contribution in [-0.2, 0) is 14.8 Å². The Morgan fingerprint density at radius 3 is 2.42 bits per heavy atom. The van der Waals surface area contributed by atoms with Crippen molar-refractivity contribution < 1.29 is 22.7 Å². The minimum absolute atomic E-state index is 0.125. The van der Waals surface area contributed by atoms with E-state index in [9.17, 15) is 18.0 Å². The maximum Gasteiger partial charge on any atom is 0.254 e. The maximum absolute atomic E-state index is 12.8. The van der Waals surface area contributed by atoms with Gasteiger partial charge in [-0.2, -0.15) is 0 Å². The van der Waals surface area contributed by atoms with Crippen molar-refractivity contribution >= 4 is 27.5 Å². The molecule has 0 saturated carbocycles. The van der Waals surface area contributed by atoms with Gasteiger partial charge in [0.05, 0.1) is 13.7 Å². The fourth-order valence-corrected chi connectivity index (χ4v) is 4.42. The van der Waals surface area contributed by atoms with Gasteiger partial charge in [-0.15, -0.1) is 0 Å². The molecule has 0 radical (unpaired) electrons. The molecule has 0 saturated heterocycles. The Bertz CT molecular complexity index is 1080. The fourth-order valence-electron chi connectivity index (χ4n) is 2.98. The standard InChI is InChI=1S/C22H29N3O5S/c1-14(2)24-31(28,29)20-12-17(10-11-19(20)30-6)22(27)25(5)13-21(26)23-18-9-7-8-15(3)16(18)4/h7-12,14,24H,13H2,1-6H3,(H,23,26). The highest BCUT2D eigenvalue weighted by Gasteiger charge is 2.24. The van der Waals surface area contributed by atoms with Gasteiger partial charge in [0.1, 0.15) is 10.6 Å². The van der Waals surface area contributed by atoms with Crippen LogP contribution >= 0.6 is 0 Å². The van der Waals surface area contributed by atoms with Gasteiger partial charge in [0.15, 0.2) is 0 Å². The SMILES string of the molecule is COc1ccc(C(=O)N(C)CC(=O)Nc2cccc(C)c2C)cc1S(=O)(=O)NC(C)C. The van der Waals surface area contributed by atoms with Crippen molar-refractivity contribution in [2.24, 2.45) is 0 Å². The van der Waals surface area contributed by atoms with Crippen LogP contribution in [0.1, 0.15) is 35.3 Å². The van der Waals surface area contributed by atoms with Gasteiger partial charge < -0.3 is 15.0 Å². The Morgan fingerprint density at radius 1 is 1.13 bits per heavy atom. The quantitative estimate of drug-likeness (QED) is 0.647. The van der Waals surface area contributed by atoms with Gasteiger partial charge in [0.2, 0.25) is 15.9 Å². The molecular formula is C22H29N3O5S. The zero-order chi connectivity index (χ0) is 23.3. The molecule has 2 N–H and O–H groups in total. The summed E-state index contributed by atoms with van der Waals surface area (Å²) in [5, 5.41) is 2.81.